The topological polar surface area (TPSA) is 119 Å². The van der Waals surface area contributed by atoms with Gasteiger partial charge in [0.1, 0.15) is 0 Å². The van der Waals surface area contributed by atoms with Crippen molar-refractivity contribution in [3.05, 3.63) is 59.7 Å². The number of hydrogen-bond acceptors (Lipinski definition) is 7. The molecule has 0 spiro atoms. The number of anilines is 2. The van der Waals surface area contributed by atoms with E-state index >= 15 is 0 Å². The molecule has 1 heterocycles. The number of fused-ring (bicyclic) bond motifs is 1. The number of nitrogens with one attached hydrogen (secondary N) is 1. The molecule has 3 amide bonds. The second-order valence-electron chi connectivity index (χ2n) is 9.97. The van der Waals surface area contributed by atoms with Gasteiger partial charge < -0.3 is 14.8 Å². The average molecular weight is 575 g/mol. The maximum absolute atomic E-state index is 13.0. The number of ether oxygens (including phenoxy) is 2. The molecule has 1 aliphatic carbocycles. The summed E-state index contributed by atoms with van der Waals surface area (Å²) in [6.07, 6.45) is 0.618. The van der Waals surface area contributed by atoms with E-state index in [0.29, 0.717) is 30.7 Å². The molecule has 0 unspecified atom stereocenters. The molecule has 2 fully saturated rings. The zero-order valence-electron chi connectivity index (χ0n) is 21.4. The molecule has 4 atom stereocenters. The number of imide groups is 1. The number of amides is 3. The largest absolute Gasteiger partial charge is 0.462 e. The number of alkyl halides is 2. The third-order valence-electron chi connectivity index (χ3n) is 6.54. The zero-order chi connectivity index (χ0) is 28.3. The van der Waals surface area contributed by atoms with Gasteiger partial charge in [-0.1, -0.05) is 19.9 Å². The summed E-state index contributed by atoms with van der Waals surface area (Å²) in [5.41, 5.74) is 1.07. The Balaban J connectivity index is 1.33. The van der Waals surface area contributed by atoms with E-state index in [1.165, 1.54) is 42.5 Å². The lowest BCUT2D eigenvalue weighted by atomic mass is 9.80. The van der Waals surface area contributed by atoms with Gasteiger partial charge in [-0.05, 0) is 61.2 Å². The van der Waals surface area contributed by atoms with E-state index in [9.17, 15) is 24.0 Å². The summed E-state index contributed by atoms with van der Waals surface area (Å²) in [6.45, 7) is 3.60. The summed E-state index contributed by atoms with van der Waals surface area (Å²) < 4.78 is 10.3. The van der Waals surface area contributed by atoms with Crippen molar-refractivity contribution in [2.45, 2.75) is 37.4 Å². The molecule has 0 radical (unpaired) electrons. The minimum Gasteiger partial charge on any atom is -0.462 e. The Morgan fingerprint density at radius 3 is 2.08 bits per heavy atom. The Bertz CT molecular complexity index is 1250. The van der Waals surface area contributed by atoms with Crippen molar-refractivity contribution in [2.75, 3.05) is 23.4 Å². The molecular weight excluding hydrogens is 547 g/mol. The van der Waals surface area contributed by atoms with E-state index in [4.69, 9.17) is 32.7 Å². The molecule has 1 saturated carbocycles. The summed E-state index contributed by atoms with van der Waals surface area (Å²) in [4.78, 5) is 64.0. The lowest BCUT2D eigenvalue weighted by Crippen LogP contribution is -2.34. The number of carbonyl (C=O) groups is 5. The van der Waals surface area contributed by atoms with Gasteiger partial charge >= 0.3 is 11.9 Å². The number of halogens is 2. The average Bonchev–Trinajstić information content (AvgIpc) is 3.15. The van der Waals surface area contributed by atoms with Crippen LogP contribution in [0.4, 0.5) is 11.4 Å². The molecule has 206 valence electrons. The Morgan fingerprint density at radius 2 is 1.49 bits per heavy atom. The highest BCUT2D eigenvalue weighted by Gasteiger charge is 2.52. The molecule has 0 aromatic heterocycles. The summed E-state index contributed by atoms with van der Waals surface area (Å²) >= 11 is 12.5. The second-order valence-corrected chi connectivity index (χ2v) is 11.1. The fourth-order valence-corrected chi connectivity index (χ4v) is 5.14. The molecule has 11 heteroatoms. The van der Waals surface area contributed by atoms with Gasteiger partial charge in [0.2, 0.25) is 11.8 Å². The van der Waals surface area contributed by atoms with Crippen molar-refractivity contribution in [1.29, 1.82) is 0 Å². The molecule has 2 aliphatic rings. The summed E-state index contributed by atoms with van der Waals surface area (Å²) in [5.74, 6) is -3.47. The summed E-state index contributed by atoms with van der Waals surface area (Å²) in [6, 6.07) is 12.0. The van der Waals surface area contributed by atoms with E-state index in [-0.39, 0.29) is 29.0 Å². The van der Waals surface area contributed by atoms with Crippen LogP contribution in [-0.4, -0.2) is 53.6 Å². The fourth-order valence-electron chi connectivity index (χ4n) is 4.55. The van der Waals surface area contributed by atoms with E-state index in [1.54, 1.807) is 6.07 Å². The van der Waals surface area contributed by atoms with Crippen molar-refractivity contribution in [3.63, 3.8) is 0 Å². The smallest absolute Gasteiger partial charge is 0.338 e. The number of esters is 2. The van der Waals surface area contributed by atoms with Crippen LogP contribution >= 0.6 is 23.2 Å². The minimum absolute atomic E-state index is 0.0745. The van der Waals surface area contributed by atoms with Crippen molar-refractivity contribution in [3.8, 4) is 0 Å². The van der Waals surface area contributed by atoms with Crippen LogP contribution < -0.4 is 10.2 Å². The van der Waals surface area contributed by atoms with Crippen LogP contribution in [-0.2, 0) is 23.9 Å². The number of nitrogens with zero attached hydrogens (tertiary/aromatic N) is 1. The van der Waals surface area contributed by atoms with E-state index in [1.807, 2.05) is 13.8 Å². The zero-order valence-corrected chi connectivity index (χ0v) is 22.9. The highest BCUT2D eigenvalue weighted by molar-refractivity contribution is 6.31. The molecule has 0 bridgehead atoms. The monoisotopic (exact) mass is 574 g/mol. The number of rotatable bonds is 8. The van der Waals surface area contributed by atoms with Gasteiger partial charge in [0, 0.05) is 5.69 Å². The third-order valence-corrected chi connectivity index (χ3v) is 7.63. The predicted octanol–water partition coefficient (Wildman–Crippen LogP) is 4.41. The maximum atomic E-state index is 13.0. The van der Waals surface area contributed by atoms with Crippen LogP contribution in [0.2, 0.25) is 0 Å². The van der Waals surface area contributed by atoms with Crippen LogP contribution in [0.1, 0.15) is 47.4 Å². The Labute approximate surface area is 235 Å². The first-order valence-corrected chi connectivity index (χ1v) is 13.4. The summed E-state index contributed by atoms with van der Waals surface area (Å²) in [7, 11) is 0. The summed E-state index contributed by atoms with van der Waals surface area (Å²) in [5, 5.41) is 1.78. The van der Waals surface area contributed by atoms with Crippen LogP contribution in [0.5, 0.6) is 0 Å². The SMILES string of the molecule is CC(C)COC(=O)c1ccc(NC(=O)COC(=O)c2cccc(N3C(=O)[C@H]4C[C@H](Cl)[C@@H](Cl)C[C@H]4C3=O)c2)cc1. The Morgan fingerprint density at radius 1 is 0.897 bits per heavy atom. The van der Waals surface area contributed by atoms with Crippen LogP contribution in [0.25, 0.3) is 0 Å². The van der Waals surface area contributed by atoms with E-state index < -0.39 is 47.0 Å². The van der Waals surface area contributed by atoms with E-state index in [0.717, 1.165) is 4.90 Å². The molecule has 2 aromatic rings. The first-order valence-electron chi connectivity index (χ1n) is 12.5. The minimum atomic E-state index is -0.798. The van der Waals surface area contributed by atoms with Crippen molar-refractivity contribution in [2.24, 2.45) is 17.8 Å². The quantitative estimate of drug-likeness (QED) is 0.281. The lowest BCUT2D eigenvalue weighted by molar-refractivity contribution is -0.122. The van der Waals surface area contributed by atoms with Crippen LogP contribution in [0.15, 0.2) is 48.5 Å². The highest BCUT2D eigenvalue weighted by atomic mass is 35.5. The maximum Gasteiger partial charge on any atom is 0.338 e. The first kappa shape index (κ1) is 28.6. The van der Waals surface area contributed by atoms with Gasteiger partial charge in [-0.25, -0.2) is 9.59 Å². The van der Waals surface area contributed by atoms with Crippen LogP contribution in [0.3, 0.4) is 0 Å². The molecule has 1 N–H and O–H groups in total. The number of carbonyl (C=O) groups excluding carboxylic acids is 5. The molecule has 2 aromatic carbocycles. The molecule has 1 saturated heterocycles. The van der Waals surface area contributed by atoms with Gasteiger partial charge in [0.15, 0.2) is 6.61 Å². The third kappa shape index (κ3) is 6.59. The molecule has 39 heavy (non-hydrogen) atoms. The lowest BCUT2D eigenvalue weighted by Gasteiger charge is -2.28. The highest BCUT2D eigenvalue weighted by Crippen LogP contribution is 2.43. The van der Waals surface area contributed by atoms with Crippen molar-refractivity contribution >= 4 is 64.2 Å². The van der Waals surface area contributed by atoms with Gasteiger partial charge in [-0.3, -0.25) is 19.3 Å². The normalized spacial score (nSPS) is 22.4. The van der Waals surface area contributed by atoms with Crippen molar-refractivity contribution in [1.82, 2.24) is 0 Å². The van der Waals surface area contributed by atoms with Crippen molar-refractivity contribution < 1.29 is 33.4 Å². The Hall–Kier alpha value is -3.43. The molecule has 9 nitrogen and oxygen atoms in total. The van der Waals surface area contributed by atoms with Gasteiger partial charge in [0.25, 0.3) is 5.91 Å². The van der Waals surface area contributed by atoms with Gasteiger partial charge in [0.05, 0.1) is 46.0 Å². The second kappa shape index (κ2) is 12.2. The van der Waals surface area contributed by atoms with Crippen LogP contribution in [0, 0.1) is 17.8 Å². The molecule has 1 aliphatic heterocycles. The standard InChI is InChI=1S/C28H28Cl2N2O7/c1-15(2)13-38-27(36)16-6-8-18(9-7-16)31-24(33)14-39-28(37)17-4-3-5-19(10-17)32-25(34)20-11-22(29)23(30)12-21(20)26(32)35/h3-10,15,20-23H,11-14H2,1-2H3,(H,31,33)/t20-,21+,22-,23-/m0/s1. The predicted molar refractivity (Wildman–Crippen MR) is 145 cm³/mol. The Kier molecular flexibility index (Phi) is 8.92. The van der Waals surface area contributed by atoms with Gasteiger partial charge in [-0.15, -0.1) is 23.2 Å². The van der Waals surface area contributed by atoms with E-state index in [2.05, 4.69) is 5.32 Å². The fraction of sp³-hybridized carbons (Fsp3) is 0.393. The molecule has 4 rings (SSSR count). The first-order chi connectivity index (χ1) is 18.5. The number of hydrogen-bond donors (Lipinski definition) is 1. The van der Waals surface area contributed by atoms with Gasteiger partial charge in [-0.2, -0.15) is 0 Å². The molecular formula is C28H28Cl2N2O7. The number of benzene rings is 2.